The van der Waals surface area contributed by atoms with Gasteiger partial charge in [0, 0.05) is 11.1 Å². The number of nitrogens with zero attached hydrogens (tertiary/aromatic N) is 1. The van der Waals surface area contributed by atoms with Gasteiger partial charge in [-0.2, -0.15) is 0 Å². The van der Waals surface area contributed by atoms with E-state index in [-0.39, 0.29) is 6.42 Å². The van der Waals surface area contributed by atoms with E-state index < -0.39 is 5.97 Å². The normalized spacial score (nSPS) is 10.8. The van der Waals surface area contributed by atoms with Crippen LogP contribution < -0.4 is 0 Å². The minimum atomic E-state index is -0.824. The Morgan fingerprint density at radius 1 is 1.20 bits per heavy atom. The quantitative estimate of drug-likeness (QED) is 0.793. The van der Waals surface area contributed by atoms with E-state index >= 15 is 0 Å². The second-order valence-electron chi connectivity index (χ2n) is 4.27. The fraction of sp³-hybridized carbons (Fsp3) is 0.0667. The Hall–Kier alpha value is -2.27. The summed E-state index contributed by atoms with van der Waals surface area (Å²) in [5.41, 5.74) is 1.60. The molecule has 5 heteroatoms. The summed E-state index contributed by atoms with van der Waals surface area (Å²) in [6.45, 7) is 0. The maximum absolute atomic E-state index is 10.6. The number of benzene rings is 1. The molecule has 100 valence electrons. The van der Waals surface area contributed by atoms with E-state index in [0.717, 1.165) is 26.5 Å². The summed E-state index contributed by atoms with van der Waals surface area (Å²) in [5.74, 6) is -0.824. The summed E-state index contributed by atoms with van der Waals surface area (Å²) in [6, 6.07) is 11.2. The monoisotopic (exact) mass is 285 g/mol. The lowest BCUT2D eigenvalue weighted by molar-refractivity contribution is -0.136. The second kappa shape index (κ2) is 5.38. The van der Waals surface area contributed by atoms with E-state index in [4.69, 9.17) is 9.52 Å². The number of hydrogen-bond acceptors (Lipinski definition) is 4. The van der Waals surface area contributed by atoms with Crippen molar-refractivity contribution in [3.8, 4) is 0 Å². The topological polar surface area (TPSA) is 63.3 Å². The molecule has 0 unspecified atom stereocenters. The van der Waals surface area contributed by atoms with Crippen LogP contribution in [0.25, 0.3) is 11.0 Å². The number of furan rings is 1. The van der Waals surface area contributed by atoms with Crippen LogP contribution in [0.5, 0.6) is 0 Å². The molecule has 0 bridgehead atoms. The van der Waals surface area contributed by atoms with E-state index in [1.54, 1.807) is 12.5 Å². The van der Waals surface area contributed by atoms with Crippen molar-refractivity contribution in [1.29, 1.82) is 0 Å². The van der Waals surface area contributed by atoms with Gasteiger partial charge >= 0.3 is 5.97 Å². The molecule has 0 fully saturated rings. The lowest BCUT2D eigenvalue weighted by Gasteiger charge is -2.03. The predicted octanol–water partition coefficient (Wildman–Crippen LogP) is 3.61. The molecule has 0 saturated heterocycles. The van der Waals surface area contributed by atoms with E-state index in [1.165, 1.54) is 11.8 Å². The molecule has 0 aliphatic carbocycles. The van der Waals surface area contributed by atoms with Gasteiger partial charge < -0.3 is 9.52 Å². The first-order valence-electron chi connectivity index (χ1n) is 6.03. The van der Waals surface area contributed by atoms with Crippen molar-refractivity contribution in [2.24, 2.45) is 0 Å². The first-order chi connectivity index (χ1) is 9.72. The summed E-state index contributed by atoms with van der Waals surface area (Å²) in [6.07, 6.45) is 3.40. The van der Waals surface area contributed by atoms with Crippen LogP contribution in [-0.4, -0.2) is 16.1 Å². The summed E-state index contributed by atoms with van der Waals surface area (Å²) in [7, 11) is 0. The minimum absolute atomic E-state index is 0.0422. The summed E-state index contributed by atoms with van der Waals surface area (Å²) < 4.78 is 5.34. The smallest absolute Gasteiger partial charge is 0.307 e. The lowest BCUT2D eigenvalue weighted by Crippen LogP contribution is -1.99. The fourth-order valence-corrected chi connectivity index (χ4v) is 2.80. The van der Waals surface area contributed by atoms with Crippen LogP contribution >= 0.6 is 11.8 Å². The van der Waals surface area contributed by atoms with Crippen molar-refractivity contribution < 1.29 is 14.3 Å². The van der Waals surface area contributed by atoms with E-state index in [9.17, 15) is 4.79 Å². The van der Waals surface area contributed by atoms with Crippen molar-refractivity contribution in [2.45, 2.75) is 16.3 Å². The van der Waals surface area contributed by atoms with Crippen LogP contribution in [0.15, 0.2) is 63.2 Å². The van der Waals surface area contributed by atoms with Crippen LogP contribution in [0.2, 0.25) is 0 Å². The van der Waals surface area contributed by atoms with Gasteiger partial charge in [0.1, 0.15) is 10.6 Å². The van der Waals surface area contributed by atoms with Gasteiger partial charge in [-0.05, 0) is 29.8 Å². The van der Waals surface area contributed by atoms with Gasteiger partial charge in [-0.1, -0.05) is 23.9 Å². The molecule has 0 saturated carbocycles. The Morgan fingerprint density at radius 2 is 2.00 bits per heavy atom. The van der Waals surface area contributed by atoms with Crippen molar-refractivity contribution >= 4 is 28.7 Å². The Kier molecular flexibility index (Phi) is 3.43. The van der Waals surface area contributed by atoms with Crippen LogP contribution in [0.3, 0.4) is 0 Å². The number of aliphatic carboxylic acids is 1. The average molecular weight is 285 g/mol. The first kappa shape index (κ1) is 12.7. The van der Waals surface area contributed by atoms with Crippen molar-refractivity contribution in [3.05, 3.63) is 54.4 Å². The molecule has 0 radical (unpaired) electrons. The van der Waals surface area contributed by atoms with Crippen LogP contribution in [0.1, 0.15) is 5.56 Å². The van der Waals surface area contributed by atoms with Gasteiger partial charge in [0.2, 0.25) is 0 Å². The molecule has 0 aliphatic rings. The molecule has 1 aromatic carbocycles. The Balaban J connectivity index is 1.84. The highest BCUT2D eigenvalue weighted by atomic mass is 32.2. The Labute approximate surface area is 119 Å². The Bertz CT molecular complexity index is 749. The highest BCUT2D eigenvalue weighted by molar-refractivity contribution is 7.99. The molecule has 1 N–H and O–H groups in total. The third kappa shape index (κ3) is 2.67. The molecular weight excluding hydrogens is 274 g/mol. The number of hydrogen-bond donors (Lipinski definition) is 1. The molecule has 0 amide bonds. The SMILES string of the molecule is O=C(O)Cc1ccc(Sc2nccc3occc23)cc1. The number of fused-ring (bicyclic) bond motifs is 1. The third-order valence-corrected chi connectivity index (χ3v) is 3.86. The standard InChI is InChI=1S/C15H11NO3S/c17-14(18)9-10-1-3-11(4-2-10)20-15-12-6-8-19-13(12)5-7-16-15/h1-8H,9H2,(H,17,18). The highest BCUT2D eigenvalue weighted by Gasteiger charge is 2.07. The molecule has 20 heavy (non-hydrogen) atoms. The minimum Gasteiger partial charge on any atom is -0.481 e. The lowest BCUT2D eigenvalue weighted by atomic mass is 10.2. The maximum atomic E-state index is 10.6. The summed E-state index contributed by atoms with van der Waals surface area (Å²) >= 11 is 1.53. The summed E-state index contributed by atoms with van der Waals surface area (Å²) in [4.78, 5) is 16.0. The van der Waals surface area contributed by atoms with Crippen LogP contribution in [-0.2, 0) is 11.2 Å². The van der Waals surface area contributed by atoms with Gasteiger partial charge in [0.05, 0.1) is 18.1 Å². The van der Waals surface area contributed by atoms with Gasteiger partial charge in [0.25, 0.3) is 0 Å². The molecule has 0 atom stereocenters. The first-order valence-corrected chi connectivity index (χ1v) is 6.85. The number of pyridine rings is 1. The van der Waals surface area contributed by atoms with Gasteiger partial charge in [0.15, 0.2) is 0 Å². The van der Waals surface area contributed by atoms with E-state index in [0.29, 0.717) is 0 Å². The average Bonchev–Trinajstić information content (AvgIpc) is 2.90. The zero-order valence-electron chi connectivity index (χ0n) is 10.4. The van der Waals surface area contributed by atoms with Crippen molar-refractivity contribution in [1.82, 2.24) is 4.98 Å². The largest absolute Gasteiger partial charge is 0.481 e. The number of carboxylic acids is 1. The van der Waals surface area contributed by atoms with Gasteiger partial charge in [-0.25, -0.2) is 4.98 Å². The van der Waals surface area contributed by atoms with Crippen molar-refractivity contribution in [2.75, 3.05) is 0 Å². The molecule has 0 aliphatic heterocycles. The predicted molar refractivity (Wildman–Crippen MR) is 75.9 cm³/mol. The molecule has 2 aromatic heterocycles. The van der Waals surface area contributed by atoms with Gasteiger partial charge in [-0.15, -0.1) is 0 Å². The number of carbonyl (C=O) groups is 1. The molecular formula is C15H11NO3S. The van der Waals surface area contributed by atoms with Crippen LogP contribution in [0.4, 0.5) is 0 Å². The molecule has 4 nitrogen and oxygen atoms in total. The highest BCUT2D eigenvalue weighted by Crippen LogP contribution is 2.32. The zero-order chi connectivity index (χ0) is 13.9. The molecule has 3 rings (SSSR count). The molecule has 0 spiro atoms. The van der Waals surface area contributed by atoms with Gasteiger partial charge in [-0.3, -0.25) is 4.79 Å². The number of carboxylic acid groups (broad SMARTS) is 1. The van der Waals surface area contributed by atoms with E-state index in [1.807, 2.05) is 36.4 Å². The second-order valence-corrected chi connectivity index (χ2v) is 5.33. The number of rotatable bonds is 4. The molecule has 2 heterocycles. The fourth-order valence-electron chi connectivity index (χ4n) is 1.91. The number of aromatic nitrogens is 1. The zero-order valence-corrected chi connectivity index (χ0v) is 11.3. The Morgan fingerprint density at radius 3 is 2.75 bits per heavy atom. The summed E-state index contributed by atoms with van der Waals surface area (Å²) in [5, 5.41) is 10.6. The van der Waals surface area contributed by atoms with E-state index in [2.05, 4.69) is 4.98 Å². The molecule has 3 aromatic rings. The van der Waals surface area contributed by atoms with Crippen molar-refractivity contribution in [3.63, 3.8) is 0 Å². The maximum Gasteiger partial charge on any atom is 0.307 e. The van der Waals surface area contributed by atoms with Crippen LogP contribution in [0, 0.1) is 0 Å². The third-order valence-electron chi connectivity index (χ3n) is 2.84.